The second-order valence-electron chi connectivity index (χ2n) is 7.10. The minimum absolute atomic E-state index is 0.0577. The zero-order valence-electron chi connectivity index (χ0n) is 17.0. The Kier molecular flexibility index (Phi) is 6.06. The van der Waals surface area contributed by atoms with Gasteiger partial charge in [0.15, 0.2) is 5.82 Å². The lowest BCUT2D eigenvalue weighted by atomic mass is 10.0. The highest BCUT2D eigenvalue weighted by Gasteiger charge is 2.18. The molecule has 10 heteroatoms. The summed E-state index contributed by atoms with van der Waals surface area (Å²) in [5, 5.41) is 14.1. The third kappa shape index (κ3) is 4.62. The summed E-state index contributed by atoms with van der Waals surface area (Å²) in [5.41, 5.74) is 4.60. The number of hydrogen-bond acceptors (Lipinski definition) is 7. The first kappa shape index (κ1) is 21.1. The van der Waals surface area contributed by atoms with Gasteiger partial charge in [-0.15, -0.1) is 11.3 Å². The maximum absolute atomic E-state index is 12.1. The number of carbonyl (C=O) groups excluding carboxylic acids is 2. The number of rotatable bonds is 5. The number of nitrogens with zero attached hydrogens (tertiary/aromatic N) is 2. The minimum atomic E-state index is -0.179. The molecular weight excluding hydrogens is 436 g/mol. The highest BCUT2D eigenvalue weighted by atomic mass is 35.5. The molecule has 0 spiro atoms. The number of fused-ring (bicyclic) bond motifs is 1. The average molecular weight is 457 g/mol. The van der Waals surface area contributed by atoms with Gasteiger partial charge in [0.25, 0.3) is 5.91 Å². The summed E-state index contributed by atoms with van der Waals surface area (Å²) < 4.78 is 0. The number of hydrogen-bond donors (Lipinski definition) is 4. The zero-order valence-corrected chi connectivity index (χ0v) is 18.6. The zero-order chi connectivity index (χ0) is 22.0. The number of thiophene rings is 1. The van der Waals surface area contributed by atoms with Crippen molar-refractivity contribution in [3.8, 4) is 0 Å². The molecule has 0 fully saturated rings. The van der Waals surface area contributed by atoms with E-state index in [9.17, 15) is 9.59 Å². The van der Waals surface area contributed by atoms with Crippen LogP contribution in [0.1, 0.15) is 32.8 Å². The van der Waals surface area contributed by atoms with E-state index in [-0.39, 0.29) is 11.8 Å². The Labute approximate surface area is 188 Å². The van der Waals surface area contributed by atoms with Crippen LogP contribution < -0.4 is 21.3 Å². The van der Waals surface area contributed by atoms with Crippen LogP contribution in [0.25, 0.3) is 0 Å². The maximum Gasteiger partial charge on any atom is 0.263 e. The Morgan fingerprint density at radius 1 is 1.23 bits per heavy atom. The highest BCUT2D eigenvalue weighted by Crippen LogP contribution is 2.33. The third-order valence-electron chi connectivity index (χ3n) is 4.96. The SMILES string of the molecule is CNC(=O)c1scc(C)c1Nc1nc(Nc2ccc3c(c2)CNC(=O)CC3)ncc1Cl. The number of benzene rings is 1. The predicted molar refractivity (Wildman–Crippen MR) is 123 cm³/mol. The maximum atomic E-state index is 12.1. The van der Waals surface area contributed by atoms with E-state index in [0.717, 1.165) is 28.8 Å². The average Bonchev–Trinajstić information content (AvgIpc) is 3.02. The molecule has 1 aliphatic rings. The summed E-state index contributed by atoms with van der Waals surface area (Å²) in [7, 11) is 1.59. The van der Waals surface area contributed by atoms with Crippen molar-refractivity contribution in [2.45, 2.75) is 26.3 Å². The molecule has 8 nitrogen and oxygen atoms in total. The molecule has 31 heavy (non-hydrogen) atoms. The molecule has 0 saturated carbocycles. The van der Waals surface area contributed by atoms with E-state index in [1.807, 2.05) is 30.5 Å². The van der Waals surface area contributed by atoms with E-state index < -0.39 is 0 Å². The van der Waals surface area contributed by atoms with E-state index in [2.05, 4.69) is 31.2 Å². The first-order chi connectivity index (χ1) is 14.9. The van der Waals surface area contributed by atoms with Gasteiger partial charge in [-0.1, -0.05) is 17.7 Å². The highest BCUT2D eigenvalue weighted by molar-refractivity contribution is 7.12. The van der Waals surface area contributed by atoms with Crippen LogP contribution in [0.15, 0.2) is 29.8 Å². The molecule has 3 aromatic rings. The van der Waals surface area contributed by atoms with Crippen molar-refractivity contribution in [2.24, 2.45) is 0 Å². The quantitative estimate of drug-likeness (QED) is 0.463. The van der Waals surface area contributed by atoms with Crippen molar-refractivity contribution in [1.82, 2.24) is 20.6 Å². The van der Waals surface area contributed by atoms with Gasteiger partial charge in [-0.2, -0.15) is 4.98 Å². The molecule has 0 bridgehead atoms. The summed E-state index contributed by atoms with van der Waals surface area (Å²) in [6.07, 6.45) is 2.72. The molecule has 2 amide bonds. The fourth-order valence-corrected chi connectivity index (χ4v) is 4.37. The smallest absolute Gasteiger partial charge is 0.263 e. The number of amides is 2. The molecule has 3 heterocycles. The summed E-state index contributed by atoms with van der Waals surface area (Å²) in [6.45, 7) is 2.41. The lowest BCUT2D eigenvalue weighted by Gasteiger charge is -2.13. The molecule has 4 N–H and O–H groups in total. The van der Waals surface area contributed by atoms with Crippen LogP contribution in [0, 0.1) is 6.92 Å². The van der Waals surface area contributed by atoms with Crippen LogP contribution in [0.5, 0.6) is 0 Å². The number of anilines is 4. The second kappa shape index (κ2) is 8.91. The van der Waals surface area contributed by atoms with Gasteiger partial charge in [0.2, 0.25) is 11.9 Å². The molecule has 0 unspecified atom stereocenters. The van der Waals surface area contributed by atoms with Crippen LogP contribution in [0.3, 0.4) is 0 Å². The first-order valence-electron chi connectivity index (χ1n) is 9.70. The van der Waals surface area contributed by atoms with Crippen molar-refractivity contribution in [2.75, 3.05) is 17.7 Å². The molecule has 1 aliphatic heterocycles. The number of halogens is 1. The third-order valence-corrected chi connectivity index (χ3v) is 6.33. The lowest BCUT2D eigenvalue weighted by Crippen LogP contribution is -2.20. The summed E-state index contributed by atoms with van der Waals surface area (Å²) in [6, 6.07) is 5.93. The van der Waals surface area contributed by atoms with Crippen molar-refractivity contribution >= 4 is 57.9 Å². The largest absolute Gasteiger partial charge is 0.354 e. The molecular formula is C21H21ClN6O2S. The van der Waals surface area contributed by atoms with Gasteiger partial charge in [0.1, 0.15) is 9.90 Å². The Balaban J connectivity index is 1.58. The minimum Gasteiger partial charge on any atom is -0.354 e. The van der Waals surface area contributed by atoms with Gasteiger partial charge in [-0.05, 0) is 47.5 Å². The topological polar surface area (TPSA) is 108 Å². The monoisotopic (exact) mass is 456 g/mol. The van der Waals surface area contributed by atoms with Crippen LogP contribution in [-0.2, 0) is 17.8 Å². The van der Waals surface area contributed by atoms with E-state index in [4.69, 9.17) is 11.6 Å². The molecule has 0 radical (unpaired) electrons. The van der Waals surface area contributed by atoms with Crippen molar-refractivity contribution in [1.29, 1.82) is 0 Å². The predicted octanol–water partition coefficient (Wildman–Crippen LogP) is 3.91. The Bertz CT molecular complexity index is 1160. The van der Waals surface area contributed by atoms with Crippen LogP contribution >= 0.6 is 22.9 Å². The molecule has 2 aromatic heterocycles. The Hall–Kier alpha value is -3.17. The van der Waals surface area contributed by atoms with E-state index >= 15 is 0 Å². The van der Waals surface area contributed by atoms with Gasteiger partial charge in [-0.3, -0.25) is 9.59 Å². The fraction of sp³-hybridized carbons (Fsp3) is 0.238. The molecule has 0 saturated heterocycles. The van der Waals surface area contributed by atoms with Crippen molar-refractivity contribution in [3.05, 3.63) is 56.4 Å². The standard InChI is InChI=1S/C21H21ClN6O2S/c1-11-10-31-18(20(30)23-2)17(11)27-19-15(22)9-25-21(28-19)26-14-5-3-12-4-6-16(29)24-8-13(12)7-14/h3,5,7,9-10H,4,6,8H2,1-2H3,(H,23,30)(H,24,29)(H2,25,26,27,28). The Morgan fingerprint density at radius 3 is 2.87 bits per heavy atom. The normalized spacial score (nSPS) is 13.1. The second-order valence-corrected chi connectivity index (χ2v) is 8.39. The molecule has 0 atom stereocenters. The van der Waals surface area contributed by atoms with Crippen LogP contribution in [0.4, 0.5) is 23.1 Å². The summed E-state index contributed by atoms with van der Waals surface area (Å²) in [5.74, 6) is 0.634. The summed E-state index contributed by atoms with van der Waals surface area (Å²) in [4.78, 5) is 33.1. The first-order valence-corrected chi connectivity index (χ1v) is 11.0. The van der Waals surface area contributed by atoms with Gasteiger partial charge >= 0.3 is 0 Å². The van der Waals surface area contributed by atoms with Crippen LogP contribution in [-0.4, -0.2) is 28.8 Å². The van der Waals surface area contributed by atoms with E-state index in [1.54, 1.807) is 7.05 Å². The number of carbonyl (C=O) groups is 2. The van der Waals surface area contributed by atoms with E-state index in [0.29, 0.717) is 40.3 Å². The van der Waals surface area contributed by atoms with Gasteiger partial charge in [0.05, 0.1) is 11.9 Å². The van der Waals surface area contributed by atoms with Crippen molar-refractivity contribution in [3.63, 3.8) is 0 Å². The number of aromatic nitrogens is 2. The van der Waals surface area contributed by atoms with Gasteiger partial charge in [-0.25, -0.2) is 4.98 Å². The van der Waals surface area contributed by atoms with Gasteiger partial charge in [0, 0.05) is 25.7 Å². The van der Waals surface area contributed by atoms with Crippen molar-refractivity contribution < 1.29 is 9.59 Å². The molecule has 0 aliphatic carbocycles. The lowest BCUT2D eigenvalue weighted by molar-refractivity contribution is -0.121. The summed E-state index contributed by atoms with van der Waals surface area (Å²) >= 11 is 7.66. The van der Waals surface area contributed by atoms with E-state index in [1.165, 1.54) is 17.5 Å². The van der Waals surface area contributed by atoms with Crippen LogP contribution in [0.2, 0.25) is 5.02 Å². The van der Waals surface area contributed by atoms with Gasteiger partial charge < -0.3 is 21.3 Å². The molecule has 1 aromatic carbocycles. The number of nitrogens with one attached hydrogen (secondary N) is 4. The molecule has 4 rings (SSSR count). The Morgan fingerprint density at radius 2 is 2.06 bits per heavy atom. The fourth-order valence-electron chi connectivity index (χ4n) is 3.29. The number of aryl methyl sites for hydroxylation is 2. The molecule has 160 valence electrons.